The van der Waals surface area contributed by atoms with Gasteiger partial charge >= 0.3 is 6.03 Å². The van der Waals surface area contributed by atoms with Crippen molar-refractivity contribution in [1.82, 2.24) is 16.0 Å². The van der Waals surface area contributed by atoms with Crippen molar-refractivity contribution in [1.29, 1.82) is 5.26 Å². The molecule has 1 aromatic carbocycles. The molecule has 7 nitrogen and oxygen atoms in total. The number of benzene rings is 1. The summed E-state index contributed by atoms with van der Waals surface area (Å²) in [6, 6.07) is 7.45. The highest BCUT2D eigenvalue weighted by atomic mass is 16.2. The van der Waals surface area contributed by atoms with E-state index < -0.39 is 18.0 Å². The lowest BCUT2D eigenvalue weighted by Gasteiger charge is -2.08. The van der Waals surface area contributed by atoms with Crippen LogP contribution in [0.1, 0.15) is 17.5 Å². The van der Waals surface area contributed by atoms with Gasteiger partial charge in [-0.1, -0.05) is 12.1 Å². The predicted molar refractivity (Wildman–Crippen MR) is 68.1 cm³/mol. The molecule has 0 radical (unpaired) electrons. The Bertz CT molecular complexity index is 606. The molecule has 2 rings (SSSR count). The number of carbonyl (C=O) groups excluding carboxylic acids is 3. The third kappa shape index (κ3) is 3.32. The summed E-state index contributed by atoms with van der Waals surface area (Å²) in [5, 5.41) is 15.8. The van der Waals surface area contributed by atoms with Crippen molar-refractivity contribution >= 4 is 17.8 Å². The molecule has 1 heterocycles. The number of nitrogens with one attached hydrogen (secondary N) is 3. The van der Waals surface area contributed by atoms with Gasteiger partial charge in [0, 0.05) is 6.54 Å². The van der Waals surface area contributed by atoms with Crippen LogP contribution in [0.2, 0.25) is 0 Å². The maximum absolute atomic E-state index is 11.7. The van der Waals surface area contributed by atoms with Gasteiger partial charge in [-0.25, -0.2) is 4.79 Å². The van der Waals surface area contributed by atoms with Crippen LogP contribution in [-0.4, -0.2) is 23.9 Å². The number of hydrogen-bond donors (Lipinski definition) is 3. The van der Waals surface area contributed by atoms with Crippen molar-refractivity contribution in [2.75, 3.05) is 0 Å². The van der Waals surface area contributed by atoms with Crippen molar-refractivity contribution in [2.45, 2.75) is 19.0 Å². The molecule has 1 aliphatic heterocycles. The SMILES string of the molecule is N#Cc1cccc(CNC(=O)C[C@@H]2NC(=O)NC2=O)c1. The monoisotopic (exact) mass is 272 g/mol. The Kier molecular flexibility index (Phi) is 3.96. The second-order valence-electron chi connectivity index (χ2n) is 4.31. The number of nitriles is 1. The fourth-order valence-corrected chi connectivity index (χ4v) is 1.81. The van der Waals surface area contributed by atoms with E-state index in [1.54, 1.807) is 24.3 Å². The fourth-order valence-electron chi connectivity index (χ4n) is 1.81. The van der Waals surface area contributed by atoms with Gasteiger partial charge in [-0.15, -0.1) is 0 Å². The van der Waals surface area contributed by atoms with Gasteiger partial charge in [0.15, 0.2) is 0 Å². The van der Waals surface area contributed by atoms with Crippen molar-refractivity contribution in [2.24, 2.45) is 0 Å². The summed E-state index contributed by atoms with van der Waals surface area (Å²) in [7, 11) is 0. The Labute approximate surface area is 115 Å². The molecule has 1 atom stereocenters. The van der Waals surface area contributed by atoms with E-state index in [-0.39, 0.29) is 18.9 Å². The van der Waals surface area contributed by atoms with E-state index in [2.05, 4.69) is 16.0 Å². The van der Waals surface area contributed by atoms with Gasteiger partial charge in [0.1, 0.15) is 6.04 Å². The summed E-state index contributed by atoms with van der Waals surface area (Å²) in [6.45, 7) is 0.261. The number of carbonyl (C=O) groups is 3. The van der Waals surface area contributed by atoms with Gasteiger partial charge in [0.2, 0.25) is 5.91 Å². The number of urea groups is 1. The lowest BCUT2D eigenvalue weighted by atomic mass is 10.1. The molecular formula is C13H12N4O3. The standard InChI is InChI=1S/C13H12N4O3/c14-6-8-2-1-3-9(4-8)7-15-11(18)5-10-12(19)17-13(20)16-10/h1-4,10H,5,7H2,(H,15,18)(H2,16,17,19,20)/t10-/m0/s1. The Morgan fingerprint density at radius 2 is 2.20 bits per heavy atom. The Hall–Kier alpha value is -2.88. The molecule has 102 valence electrons. The molecule has 3 N–H and O–H groups in total. The number of hydrogen-bond acceptors (Lipinski definition) is 4. The highest BCUT2D eigenvalue weighted by molar-refractivity contribution is 6.05. The van der Waals surface area contributed by atoms with Crippen molar-refractivity contribution < 1.29 is 14.4 Å². The van der Waals surface area contributed by atoms with Crippen LogP contribution in [0.5, 0.6) is 0 Å². The minimum absolute atomic E-state index is 0.116. The van der Waals surface area contributed by atoms with Crippen LogP contribution in [0, 0.1) is 11.3 Å². The number of imide groups is 1. The second-order valence-corrected chi connectivity index (χ2v) is 4.31. The van der Waals surface area contributed by atoms with E-state index in [0.717, 1.165) is 5.56 Å². The molecule has 7 heteroatoms. The minimum atomic E-state index is -0.826. The summed E-state index contributed by atoms with van der Waals surface area (Å²) in [6.07, 6.45) is -0.116. The van der Waals surface area contributed by atoms with E-state index >= 15 is 0 Å². The van der Waals surface area contributed by atoms with E-state index in [1.165, 1.54) is 0 Å². The van der Waals surface area contributed by atoms with Crippen LogP contribution in [0.15, 0.2) is 24.3 Å². The average molecular weight is 272 g/mol. The first-order valence-corrected chi connectivity index (χ1v) is 5.95. The first-order valence-electron chi connectivity index (χ1n) is 5.95. The largest absolute Gasteiger partial charge is 0.352 e. The highest BCUT2D eigenvalue weighted by Crippen LogP contribution is 2.04. The molecule has 0 aromatic heterocycles. The van der Waals surface area contributed by atoms with Crippen LogP contribution in [0.4, 0.5) is 4.79 Å². The third-order valence-corrected chi connectivity index (χ3v) is 2.79. The van der Waals surface area contributed by atoms with Crippen LogP contribution < -0.4 is 16.0 Å². The van der Waals surface area contributed by atoms with Gasteiger partial charge < -0.3 is 10.6 Å². The molecule has 20 heavy (non-hydrogen) atoms. The van der Waals surface area contributed by atoms with Crippen LogP contribution >= 0.6 is 0 Å². The molecule has 0 spiro atoms. The molecule has 0 aliphatic carbocycles. The van der Waals surface area contributed by atoms with Crippen LogP contribution in [0.25, 0.3) is 0 Å². The van der Waals surface area contributed by atoms with Crippen LogP contribution in [-0.2, 0) is 16.1 Å². The van der Waals surface area contributed by atoms with E-state index in [9.17, 15) is 14.4 Å². The molecule has 1 aliphatic rings. The average Bonchev–Trinajstić information content (AvgIpc) is 2.75. The normalized spacial score (nSPS) is 17.1. The third-order valence-electron chi connectivity index (χ3n) is 2.79. The fraction of sp³-hybridized carbons (Fsp3) is 0.231. The van der Waals surface area contributed by atoms with Gasteiger partial charge in [0.05, 0.1) is 18.1 Å². The first-order chi connectivity index (χ1) is 9.58. The van der Waals surface area contributed by atoms with E-state index in [1.807, 2.05) is 6.07 Å². The quantitative estimate of drug-likeness (QED) is 0.657. The molecule has 1 aromatic rings. The zero-order valence-corrected chi connectivity index (χ0v) is 10.5. The Morgan fingerprint density at radius 1 is 1.40 bits per heavy atom. The van der Waals surface area contributed by atoms with Gasteiger partial charge in [0.25, 0.3) is 5.91 Å². The molecule has 0 bridgehead atoms. The Morgan fingerprint density at radius 3 is 2.85 bits per heavy atom. The summed E-state index contributed by atoms with van der Waals surface area (Å²) in [4.78, 5) is 33.8. The summed E-state index contributed by atoms with van der Waals surface area (Å²) < 4.78 is 0. The van der Waals surface area contributed by atoms with Gasteiger partial charge in [-0.05, 0) is 17.7 Å². The predicted octanol–water partition coefficient (Wildman–Crippen LogP) is -0.227. The van der Waals surface area contributed by atoms with Crippen LogP contribution in [0.3, 0.4) is 0 Å². The van der Waals surface area contributed by atoms with E-state index in [4.69, 9.17) is 5.26 Å². The summed E-state index contributed by atoms with van der Waals surface area (Å²) in [5.41, 5.74) is 1.30. The summed E-state index contributed by atoms with van der Waals surface area (Å²) >= 11 is 0. The molecule has 0 saturated carbocycles. The van der Waals surface area contributed by atoms with E-state index in [0.29, 0.717) is 5.56 Å². The van der Waals surface area contributed by atoms with Gasteiger partial charge in [-0.2, -0.15) is 5.26 Å². The smallest absolute Gasteiger partial charge is 0.322 e. The topological polar surface area (TPSA) is 111 Å². The number of nitrogens with zero attached hydrogens (tertiary/aromatic N) is 1. The second kappa shape index (κ2) is 5.84. The summed E-state index contributed by atoms with van der Waals surface area (Å²) in [5.74, 6) is -0.855. The lowest BCUT2D eigenvalue weighted by Crippen LogP contribution is -2.36. The zero-order valence-electron chi connectivity index (χ0n) is 10.5. The maximum atomic E-state index is 11.7. The highest BCUT2D eigenvalue weighted by Gasteiger charge is 2.31. The molecule has 1 saturated heterocycles. The molecular weight excluding hydrogens is 260 g/mol. The number of amides is 4. The lowest BCUT2D eigenvalue weighted by molar-refractivity contribution is -0.126. The molecule has 4 amide bonds. The maximum Gasteiger partial charge on any atom is 0.322 e. The number of rotatable bonds is 4. The zero-order chi connectivity index (χ0) is 14.5. The van der Waals surface area contributed by atoms with Crippen molar-refractivity contribution in [3.63, 3.8) is 0 Å². The van der Waals surface area contributed by atoms with Crippen molar-refractivity contribution in [3.05, 3.63) is 35.4 Å². The first kappa shape index (κ1) is 13.5. The van der Waals surface area contributed by atoms with Gasteiger partial charge in [-0.3, -0.25) is 14.9 Å². The van der Waals surface area contributed by atoms with Crippen molar-refractivity contribution in [3.8, 4) is 6.07 Å². The minimum Gasteiger partial charge on any atom is -0.352 e. The Balaban J connectivity index is 1.85. The molecule has 0 unspecified atom stereocenters. The molecule has 1 fully saturated rings.